The molecule has 3 nitrogen and oxygen atoms in total. The minimum absolute atomic E-state index is 0.0551. The van der Waals surface area contributed by atoms with Crippen molar-refractivity contribution in [3.8, 4) is 0 Å². The maximum absolute atomic E-state index is 12.1. The molecule has 2 aromatic rings. The van der Waals surface area contributed by atoms with Crippen LogP contribution < -0.4 is 5.32 Å². The lowest BCUT2D eigenvalue weighted by Crippen LogP contribution is -2.11. The van der Waals surface area contributed by atoms with E-state index >= 15 is 0 Å². The fourth-order valence-corrected chi connectivity index (χ4v) is 4.38. The molecule has 1 heterocycles. The molecule has 0 amide bonds. The predicted molar refractivity (Wildman–Crippen MR) is 88.2 cm³/mol. The van der Waals surface area contributed by atoms with Gasteiger partial charge in [0.15, 0.2) is 9.84 Å². The molecule has 0 radical (unpaired) electrons. The molecular formula is C14H16BrNO2S2. The quantitative estimate of drug-likeness (QED) is 0.840. The van der Waals surface area contributed by atoms with E-state index in [4.69, 9.17) is 0 Å². The lowest BCUT2D eigenvalue weighted by Gasteiger charge is -2.16. The van der Waals surface area contributed by atoms with E-state index in [1.165, 1.54) is 0 Å². The molecule has 1 atom stereocenters. The van der Waals surface area contributed by atoms with Gasteiger partial charge in [-0.05, 0) is 41.1 Å². The van der Waals surface area contributed by atoms with Crippen LogP contribution in [0.15, 0.2) is 45.1 Å². The summed E-state index contributed by atoms with van der Waals surface area (Å²) in [4.78, 5) is 1.52. The van der Waals surface area contributed by atoms with Gasteiger partial charge in [-0.2, -0.15) is 0 Å². The molecule has 2 rings (SSSR count). The van der Waals surface area contributed by atoms with Crippen LogP contribution in [0.3, 0.4) is 0 Å². The first-order chi connectivity index (χ1) is 9.44. The molecule has 0 aliphatic carbocycles. The van der Waals surface area contributed by atoms with Gasteiger partial charge < -0.3 is 5.32 Å². The zero-order chi connectivity index (χ0) is 14.8. The summed E-state index contributed by atoms with van der Waals surface area (Å²) in [5.41, 5.74) is 0.659. The highest BCUT2D eigenvalue weighted by Crippen LogP contribution is 2.30. The number of thiophene rings is 1. The van der Waals surface area contributed by atoms with Crippen molar-refractivity contribution >= 4 is 42.8 Å². The summed E-state index contributed by atoms with van der Waals surface area (Å²) in [5.74, 6) is 0.102. The predicted octanol–water partition coefficient (Wildman–Crippen LogP) is 4.48. The van der Waals surface area contributed by atoms with Gasteiger partial charge in [0, 0.05) is 14.7 Å². The Bertz CT molecular complexity index is 695. The molecule has 20 heavy (non-hydrogen) atoms. The molecule has 0 saturated carbocycles. The molecule has 0 spiro atoms. The number of nitrogens with one attached hydrogen (secondary N) is 1. The number of para-hydroxylation sites is 1. The van der Waals surface area contributed by atoms with Crippen LogP contribution in [0.25, 0.3) is 0 Å². The summed E-state index contributed by atoms with van der Waals surface area (Å²) in [6.07, 6.45) is 0. The van der Waals surface area contributed by atoms with Gasteiger partial charge in [0.2, 0.25) is 0 Å². The van der Waals surface area contributed by atoms with E-state index in [9.17, 15) is 8.42 Å². The van der Waals surface area contributed by atoms with Crippen LogP contribution in [0, 0.1) is 0 Å². The fourth-order valence-electron chi connectivity index (χ4n) is 1.87. The average molecular weight is 374 g/mol. The minimum Gasteiger partial charge on any atom is -0.377 e. The topological polar surface area (TPSA) is 46.2 Å². The van der Waals surface area contributed by atoms with Gasteiger partial charge in [-0.15, -0.1) is 11.3 Å². The van der Waals surface area contributed by atoms with E-state index in [-0.39, 0.29) is 11.8 Å². The summed E-state index contributed by atoms with van der Waals surface area (Å²) in [6, 6.07) is 9.15. The molecule has 6 heteroatoms. The summed E-state index contributed by atoms with van der Waals surface area (Å²) in [7, 11) is -3.22. The van der Waals surface area contributed by atoms with Gasteiger partial charge in [-0.1, -0.05) is 19.1 Å². The molecule has 0 aliphatic heterocycles. The molecule has 1 unspecified atom stereocenters. The number of anilines is 1. The first-order valence-electron chi connectivity index (χ1n) is 6.26. The standard InChI is InChI=1S/C14H16BrNO2S2/c1-3-20(17,18)14-7-5-4-6-12(14)16-10(2)13-8-11(15)9-19-13/h4-10,16H,3H2,1-2H3. The molecule has 0 saturated heterocycles. The zero-order valence-electron chi connectivity index (χ0n) is 11.3. The van der Waals surface area contributed by atoms with Crippen molar-refractivity contribution in [2.24, 2.45) is 0 Å². The summed E-state index contributed by atoms with van der Waals surface area (Å²) >= 11 is 5.07. The molecule has 0 bridgehead atoms. The molecule has 1 aromatic heterocycles. The fraction of sp³-hybridized carbons (Fsp3) is 0.286. The normalized spacial score (nSPS) is 13.2. The molecule has 1 N–H and O–H groups in total. The molecule has 0 fully saturated rings. The highest BCUT2D eigenvalue weighted by molar-refractivity contribution is 9.10. The Morgan fingerprint density at radius 3 is 2.65 bits per heavy atom. The largest absolute Gasteiger partial charge is 0.377 e. The Balaban J connectivity index is 2.30. The number of hydrogen-bond acceptors (Lipinski definition) is 4. The van der Waals surface area contributed by atoms with Crippen molar-refractivity contribution in [1.29, 1.82) is 0 Å². The van der Waals surface area contributed by atoms with E-state index in [0.717, 1.165) is 9.35 Å². The van der Waals surface area contributed by atoms with E-state index in [0.29, 0.717) is 10.6 Å². The number of hydrogen-bond donors (Lipinski definition) is 1. The number of rotatable bonds is 5. The number of benzene rings is 1. The van der Waals surface area contributed by atoms with E-state index < -0.39 is 9.84 Å². The SMILES string of the molecule is CCS(=O)(=O)c1ccccc1NC(C)c1cc(Br)cs1. The van der Waals surface area contributed by atoms with Crippen LogP contribution in [-0.4, -0.2) is 14.2 Å². The van der Waals surface area contributed by atoms with Crippen LogP contribution in [0.4, 0.5) is 5.69 Å². The second-order valence-corrected chi connectivity index (χ2v) is 8.54. The van der Waals surface area contributed by atoms with Gasteiger partial charge >= 0.3 is 0 Å². The third kappa shape index (κ3) is 3.42. The lowest BCUT2D eigenvalue weighted by molar-refractivity contribution is 0.597. The first kappa shape index (κ1) is 15.5. The Labute approximate surface area is 132 Å². The smallest absolute Gasteiger partial charge is 0.180 e. The van der Waals surface area contributed by atoms with Crippen LogP contribution in [-0.2, 0) is 9.84 Å². The van der Waals surface area contributed by atoms with Gasteiger partial charge in [0.05, 0.1) is 22.4 Å². The Hall–Kier alpha value is -0.850. The second kappa shape index (κ2) is 6.28. The number of sulfone groups is 1. The minimum atomic E-state index is -3.22. The lowest BCUT2D eigenvalue weighted by atomic mass is 10.2. The van der Waals surface area contributed by atoms with Crippen molar-refractivity contribution in [3.63, 3.8) is 0 Å². The summed E-state index contributed by atoms with van der Waals surface area (Å²) < 4.78 is 25.2. The van der Waals surface area contributed by atoms with Crippen LogP contribution >= 0.6 is 27.3 Å². The van der Waals surface area contributed by atoms with Crippen molar-refractivity contribution in [1.82, 2.24) is 0 Å². The monoisotopic (exact) mass is 373 g/mol. The maximum atomic E-state index is 12.1. The van der Waals surface area contributed by atoms with Gasteiger partial charge in [-0.3, -0.25) is 0 Å². The van der Waals surface area contributed by atoms with Crippen molar-refractivity contribution in [2.45, 2.75) is 24.8 Å². The second-order valence-electron chi connectivity index (χ2n) is 4.43. The van der Waals surface area contributed by atoms with Crippen LogP contribution in [0.2, 0.25) is 0 Å². The third-order valence-corrected chi connectivity index (χ3v) is 6.65. The van der Waals surface area contributed by atoms with Crippen molar-refractivity contribution in [2.75, 3.05) is 11.1 Å². The summed E-state index contributed by atoms with van der Waals surface area (Å²) in [6.45, 7) is 3.68. The zero-order valence-corrected chi connectivity index (χ0v) is 14.5. The highest BCUT2D eigenvalue weighted by Gasteiger charge is 2.18. The molecule has 0 aliphatic rings. The van der Waals surface area contributed by atoms with Crippen molar-refractivity contribution in [3.05, 3.63) is 45.1 Å². The maximum Gasteiger partial charge on any atom is 0.180 e. The van der Waals surface area contributed by atoms with Crippen molar-refractivity contribution < 1.29 is 8.42 Å². The van der Waals surface area contributed by atoms with Crippen LogP contribution in [0.1, 0.15) is 24.8 Å². The van der Waals surface area contributed by atoms with Gasteiger partial charge in [0.25, 0.3) is 0 Å². The Morgan fingerprint density at radius 1 is 1.35 bits per heavy atom. The third-order valence-electron chi connectivity index (χ3n) is 2.99. The first-order valence-corrected chi connectivity index (χ1v) is 9.59. The Kier molecular flexibility index (Phi) is 4.88. The molecular weight excluding hydrogens is 358 g/mol. The average Bonchev–Trinajstić information content (AvgIpc) is 2.86. The Morgan fingerprint density at radius 2 is 2.05 bits per heavy atom. The van der Waals surface area contributed by atoms with E-state index in [2.05, 4.69) is 21.2 Å². The molecule has 108 valence electrons. The summed E-state index contributed by atoms with van der Waals surface area (Å²) in [5, 5.41) is 5.31. The van der Waals surface area contributed by atoms with E-state index in [1.54, 1.807) is 30.4 Å². The molecule has 1 aromatic carbocycles. The van der Waals surface area contributed by atoms with E-state index in [1.807, 2.05) is 30.5 Å². The highest BCUT2D eigenvalue weighted by atomic mass is 79.9. The van der Waals surface area contributed by atoms with Gasteiger partial charge in [-0.25, -0.2) is 8.42 Å². The number of halogens is 1. The van der Waals surface area contributed by atoms with Gasteiger partial charge in [0.1, 0.15) is 0 Å². The van der Waals surface area contributed by atoms with Crippen LogP contribution in [0.5, 0.6) is 0 Å².